The van der Waals surface area contributed by atoms with Gasteiger partial charge >= 0.3 is 6.09 Å². The third-order valence-electron chi connectivity index (χ3n) is 2.46. The predicted octanol–water partition coefficient (Wildman–Crippen LogP) is 3.62. The molecule has 0 saturated carbocycles. The lowest BCUT2D eigenvalue weighted by Crippen LogP contribution is -2.07. The van der Waals surface area contributed by atoms with Crippen LogP contribution in [0.15, 0.2) is 42.5 Å². The minimum absolute atomic E-state index is 0.0658. The Morgan fingerprint density at radius 3 is 2.43 bits per heavy atom. The van der Waals surface area contributed by atoms with Crippen molar-refractivity contribution >= 4 is 17.5 Å². The molecular weight excluding hydrogens is 283 g/mol. The van der Waals surface area contributed by atoms with Crippen LogP contribution in [-0.2, 0) is 0 Å². The number of non-ortho nitro benzene ring substituents is 1. The van der Waals surface area contributed by atoms with Crippen molar-refractivity contribution < 1.29 is 24.0 Å². The Kier molecular flexibility index (Phi) is 3.98. The van der Waals surface area contributed by atoms with E-state index >= 15 is 0 Å². The minimum Gasteiger partial charge on any atom is -0.465 e. The summed E-state index contributed by atoms with van der Waals surface area (Å²) in [7, 11) is 0. The molecule has 0 saturated heterocycles. The fraction of sp³-hybridized carbons (Fsp3) is 0. The number of anilines is 1. The first-order valence-corrected chi connectivity index (χ1v) is 5.67. The van der Waals surface area contributed by atoms with Gasteiger partial charge < -0.3 is 9.84 Å². The Morgan fingerprint density at radius 2 is 1.90 bits per heavy atom. The second kappa shape index (κ2) is 5.87. The molecule has 108 valence electrons. The highest BCUT2D eigenvalue weighted by atomic mass is 19.1. The molecule has 0 heterocycles. The summed E-state index contributed by atoms with van der Waals surface area (Å²) in [6.45, 7) is 0. The summed E-state index contributed by atoms with van der Waals surface area (Å²) in [5.41, 5.74) is -0.0418. The van der Waals surface area contributed by atoms with E-state index in [2.05, 4.69) is 0 Å². The number of nitro benzene ring substituents is 1. The Labute approximate surface area is 117 Å². The zero-order valence-electron chi connectivity index (χ0n) is 10.4. The van der Waals surface area contributed by atoms with Crippen molar-refractivity contribution in [2.75, 3.05) is 5.32 Å². The van der Waals surface area contributed by atoms with Crippen LogP contribution in [0.3, 0.4) is 0 Å². The molecule has 8 heteroatoms. The number of carboxylic acid groups (broad SMARTS) is 1. The smallest absolute Gasteiger partial charge is 0.409 e. The molecule has 2 aromatic rings. The molecule has 0 spiro atoms. The second-order valence-electron chi connectivity index (χ2n) is 3.93. The van der Waals surface area contributed by atoms with Crippen molar-refractivity contribution in [3.63, 3.8) is 0 Å². The molecule has 2 N–H and O–H groups in total. The van der Waals surface area contributed by atoms with Gasteiger partial charge in [0.2, 0.25) is 0 Å². The molecule has 0 fully saturated rings. The van der Waals surface area contributed by atoms with Crippen LogP contribution >= 0.6 is 0 Å². The van der Waals surface area contributed by atoms with Gasteiger partial charge in [0.1, 0.15) is 5.75 Å². The maximum absolute atomic E-state index is 13.7. The molecule has 0 atom stereocenters. The van der Waals surface area contributed by atoms with E-state index in [1.165, 1.54) is 36.4 Å². The lowest BCUT2D eigenvalue weighted by molar-refractivity contribution is -0.384. The summed E-state index contributed by atoms with van der Waals surface area (Å²) < 4.78 is 19.0. The summed E-state index contributed by atoms with van der Waals surface area (Å²) in [5, 5.41) is 21.0. The van der Waals surface area contributed by atoms with Gasteiger partial charge in [0.25, 0.3) is 5.69 Å². The van der Waals surface area contributed by atoms with Crippen LogP contribution in [0.4, 0.5) is 20.6 Å². The number of hydrogen-bond donors (Lipinski definition) is 2. The molecule has 2 rings (SSSR count). The standard InChI is InChI=1S/C13H9FN2O5/c14-11-7-8(15-13(17)18)1-6-12(11)21-10-4-2-9(3-5-10)16(19)20/h1-7,15H,(H,17,18). The van der Waals surface area contributed by atoms with E-state index in [4.69, 9.17) is 9.84 Å². The summed E-state index contributed by atoms with van der Waals surface area (Å²) in [6.07, 6.45) is -1.31. The third-order valence-corrected chi connectivity index (χ3v) is 2.46. The van der Waals surface area contributed by atoms with E-state index in [0.717, 1.165) is 6.07 Å². The molecule has 2 aromatic carbocycles. The fourth-order valence-corrected chi connectivity index (χ4v) is 1.55. The lowest BCUT2D eigenvalue weighted by Gasteiger charge is -2.08. The molecule has 0 aliphatic carbocycles. The van der Waals surface area contributed by atoms with Crippen molar-refractivity contribution in [1.82, 2.24) is 0 Å². The molecule has 7 nitrogen and oxygen atoms in total. The van der Waals surface area contributed by atoms with Crippen molar-refractivity contribution in [1.29, 1.82) is 0 Å². The third kappa shape index (κ3) is 3.66. The lowest BCUT2D eigenvalue weighted by atomic mass is 10.2. The number of ether oxygens (including phenoxy) is 1. The average molecular weight is 292 g/mol. The molecule has 1 amide bonds. The first kappa shape index (κ1) is 14.3. The zero-order chi connectivity index (χ0) is 15.4. The molecule has 0 radical (unpaired) electrons. The van der Waals surface area contributed by atoms with Crippen LogP contribution in [0, 0.1) is 15.9 Å². The van der Waals surface area contributed by atoms with Gasteiger partial charge in [-0.05, 0) is 24.3 Å². The molecule has 0 unspecified atom stereocenters. The first-order valence-electron chi connectivity index (χ1n) is 5.67. The number of carbonyl (C=O) groups is 1. The number of rotatable bonds is 4. The topological polar surface area (TPSA) is 102 Å². The van der Waals surface area contributed by atoms with Crippen LogP contribution in [0.2, 0.25) is 0 Å². The SMILES string of the molecule is O=C(O)Nc1ccc(Oc2ccc([N+](=O)[O-])cc2)c(F)c1. The quantitative estimate of drug-likeness (QED) is 0.662. The van der Waals surface area contributed by atoms with Crippen LogP contribution in [0.1, 0.15) is 0 Å². The van der Waals surface area contributed by atoms with Gasteiger partial charge in [-0.25, -0.2) is 9.18 Å². The van der Waals surface area contributed by atoms with Gasteiger partial charge in [-0.1, -0.05) is 0 Å². The van der Waals surface area contributed by atoms with Crippen molar-refractivity contribution in [3.05, 3.63) is 58.4 Å². The Bertz CT molecular complexity index is 687. The zero-order valence-corrected chi connectivity index (χ0v) is 10.4. The number of hydrogen-bond acceptors (Lipinski definition) is 4. The van der Waals surface area contributed by atoms with E-state index in [-0.39, 0.29) is 22.9 Å². The number of halogens is 1. The van der Waals surface area contributed by atoms with E-state index in [9.17, 15) is 19.3 Å². The highest BCUT2D eigenvalue weighted by molar-refractivity contribution is 5.82. The van der Waals surface area contributed by atoms with E-state index in [1.807, 2.05) is 5.32 Å². The Hall–Kier alpha value is -3.16. The average Bonchev–Trinajstić information content (AvgIpc) is 2.42. The number of benzene rings is 2. The summed E-state index contributed by atoms with van der Waals surface area (Å²) >= 11 is 0. The Balaban J connectivity index is 2.15. The monoisotopic (exact) mass is 292 g/mol. The van der Waals surface area contributed by atoms with Crippen LogP contribution in [-0.4, -0.2) is 16.1 Å². The fourth-order valence-electron chi connectivity index (χ4n) is 1.55. The van der Waals surface area contributed by atoms with Crippen molar-refractivity contribution in [2.24, 2.45) is 0 Å². The number of amides is 1. The van der Waals surface area contributed by atoms with Gasteiger partial charge in [-0.15, -0.1) is 0 Å². The van der Waals surface area contributed by atoms with Gasteiger partial charge in [-0.3, -0.25) is 15.4 Å². The summed E-state index contributed by atoms with van der Waals surface area (Å²) in [4.78, 5) is 20.4. The van der Waals surface area contributed by atoms with Crippen molar-refractivity contribution in [3.8, 4) is 11.5 Å². The highest BCUT2D eigenvalue weighted by Crippen LogP contribution is 2.27. The number of nitrogens with zero attached hydrogens (tertiary/aromatic N) is 1. The van der Waals surface area contributed by atoms with Gasteiger partial charge in [0.05, 0.1) is 4.92 Å². The largest absolute Gasteiger partial charge is 0.465 e. The minimum atomic E-state index is -1.31. The molecule has 21 heavy (non-hydrogen) atoms. The molecule has 0 aliphatic heterocycles. The Morgan fingerprint density at radius 1 is 1.24 bits per heavy atom. The maximum Gasteiger partial charge on any atom is 0.409 e. The van der Waals surface area contributed by atoms with E-state index in [1.54, 1.807) is 0 Å². The molecule has 0 aromatic heterocycles. The predicted molar refractivity (Wildman–Crippen MR) is 71.2 cm³/mol. The van der Waals surface area contributed by atoms with Crippen LogP contribution < -0.4 is 10.1 Å². The summed E-state index contributed by atoms with van der Waals surface area (Å²) in [6, 6.07) is 8.68. The van der Waals surface area contributed by atoms with E-state index in [0.29, 0.717) is 0 Å². The number of nitro groups is 1. The normalized spacial score (nSPS) is 9.95. The maximum atomic E-state index is 13.7. The molecule has 0 bridgehead atoms. The van der Waals surface area contributed by atoms with Gasteiger partial charge in [0, 0.05) is 23.9 Å². The van der Waals surface area contributed by atoms with Crippen LogP contribution in [0.25, 0.3) is 0 Å². The molecule has 0 aliphatic rings. The first-order chi connectivity index (χ1) is 9.95. The molecular formula is C13H9FN2O5. The van der Waals surface area contributed by atoms with Gasteiger partial charge in [0.15, 0.2) is 11.6 Å². The van der Waals surface area contributed by atoms with E-state index < -0.39 is 16.8 Å². The second-order valence-corrected chi connectivity index (χ2v) is 3.93. The van der Waals surface area contributed by atoms with Gasteiger partial charge in [-0.2, -0.15) is 0 Å². The number of nitrogens with one attached hydrogen (secondary N) is 1. The van der Waals surface area contributed by atoms with Crippen molar-refractivity contribution in [2.45, 2.75) is 0 Å². The highest BCUT2D eigenvalue weighted by Gasteiger charge is 2.09. The van der Waals surface area contributed by atoms with Crippen LogP contribution in [0.5, 0.6) is 11.5 Å². The summed E-state index contributed by atoms with van der Waals surface area (Å²) in [5.74, 6) is -0.669.